The minimum absolute atomic E-state index is 0.251. The van der Waals surface area contributed by atoms with Gasteiger partial charge in [0, 0.05) is 17.3 Å². The summed E-state index contributed by atoms with van der Waals surface area (Å²) in [6, 6.07) is 12.6. The Balaban J connectivity index is 2.12. The van der Waals surface area contributed by atoms with Crippen molar-refractivity contribution in [1.82, 2.24) is 9.97 Å². The zero-order valence-corrected chi connectivity index (χ0v) is 16.4. The number of ether oxygens (including phenoxy) is 1. The molecule has 0 aliphatic carbocycles. The molecule has 0 saturated heterocycles. The van der Waals surface area contributed by atoms with Gasteiger partial charge in [0.05, 0.1) is 29.8 Å². The van der Waals surface area contributed by atoms with E-state index in [1.54, 1.807) is 31.4 Å². The van der Waals surface area contributed by atoms with Crippen LogP contribution in [0.15, 0.2) is 48.7 Å². The zero-order valence-electron chi connectivity index (χ0n) is 16.4. The Labute approximate surface area is 165 Å². The zero-order chi connectivity index (χ0) is 20.1. The summed E-state index contributed by atoms with van der Waals surface area (Å²) < 4.78 is 5.31. The molecule has 1 heterocycles. The van der Waals surface area contributed by atoms with Crippen LogP contribution in [0, 0.1) is 6.92 Å². The third kappa shape index (κ3) is 4.19. The van der Waals surface area contributed by atoms with Crippen molar-refractivity contribution in [3.63, 3.8) is 0 Å². The van der Waals surface area contributed by atoms with Crippen molar-refractivity contribution < 1.29 is 14.6 Å². The van der Waals surface area contributed by atoms with Crippen molar-refractivity contribution in [1.29, 1.82) is 0 Å². The van der Waals surface area contributed by atoms with Crippen LogP contribution in [0.25, 0.3) is 22.5 Å². The maximum atomic E-state index is 11.2. The van der Waals surface area contributed by atoms with E-state index in [9.17, 15) is 4.79 Å². The number of hydrogen-bond acceptors (Lipinski definition) is 4. The highest BCUT2D eigenvalue weighted by molar-refractivity contribution is 5.89. The maximum absolute atomic E-state index is 11.2. The van der Waals surface area contributed by atoms with Crippen molar-refractivity contribution in [3.8, 4) is 28.3 Å². The van der Waals surface area contributed by atoms with Crippen LogP contribution in [0.1, 0.15) is 41.4 Å². The van der Waals surface area contributed by atoms with Crippen LogP contribution in [0.4, 0.5) is 0 Å². The van der Waals surface area contributed by atoms with Gasteiger partial charge in [-0.25, -0.2) is 9.78 Å². The maximum Gasteiger partial charge on any atom is 0.335 e. The van der Waals surface area contributed by atoms with Gasteiger partial charge >= 0.3 is 5.97 Å². The fraction of sp³-hybridized carbons (Fsp3) is 0.261. The molecule has 0 atom stereocenters. The van der Waals surface area contributed by atoms with Crippen molar-refractivity contribution in [2.45, 2.75) is 33.1 Å². The lowest BCUT2D eigenvalue weighted by atomic mass is 9.99. The quantitative estimate of drug-likeness (QED) is 0.616. The molecule has 0 aliphatic rings. The van der Waals surface area contributed by atoms with E-state index in [2.05, 4.69) is 6.92 Å². The van der Waals surface area contributed by atoms with Crippen LogP contribution >= 0.6 is 0 Å². The van der Waals surface area contributed by atoms with E-state index in [0.29, 0.717) is 0 Å². The van der Waals surface area contributed by atoms with Crippen LogP contribution in [0.5, 0.6) is 5.75 Å². The number of aromatic carboxylic acids is 1. The van der Waals surface area contributed by atoms with Gasteiger partial charge < -0.3 is 9.84 Å². The molecule has 0 spiro atoms. The lowest BCUT2D eigenvalue weighted by molar-refractivity contribution is 0.0697. The second-order valence-corrected chi connectivity index (χ2v) is 6.73. The molecule has 0 unspecified atom stereocenters. The van der Waals surface area contributed by atoms with E-state index in [4.69, 9.17) is 19.8 Å². The Morgan fingerprint density at radius 2 is 1.86 bits per heavy atom. The predicted molar refractivity (Wildman–Crippen MR) is 110 cm³/mol. The molecule has 5 nitrogen and oxygen atoms in total. The summed E-state index contributed by atoms with van der Waals surface area (Å²) in [7, 11) is 1.65. The summed E-state index contributed by atoms with van der Waals surface area (Å²) in [6.45, 7) is 4.16. The molecule has 0 fully saturated rings. The topological polar surface area (TPSA) is 72.3 Å². The van der Waals surface area contributed by atoms with Crippen molar-refractivity contribution in [2.24, 2.45) is 0 Å². The van der Waals surface area contributed by atoms with Gasteiger partial charge in [0.2, 0.25) is 0 Å². The van der Waals surface area contributed by atoms with Crippen LogP contribution in [0.3, 0.4) is 0 Å². The molecule has 0 radical (unpaired) electrons. The number of hydrogen-bond donors (Lipinski definition) is 1. The molecular weight excluding hydrogens is 352 g/mol. The Morgan fingerprint density at radius 1 is 1.11 bits per heavy atom. The number of aryl methyl sites for hydroxylation is 2. The SMILES string of the molecule is CCCCc1cnc(-c2ccc(OC)cc2C)c(-c2ccc(C(=O)O)cc2)n1. The lowest BCUT2D eigenvalue weighted by Gasteiger charge is -2.13. The van der Waals surface area contributed by atoms with Crippen LogP contribution in [0.2, 0.25) is 0 Å². The van der Waals surface area contributed by atoms with Crippen molar-refractivity contribution >= 4 is 5.97 Å². The Kier molecular flexibility index (Phi) is 6.04. The summed E-state index contributed by atoms with van der Waals surface area (Å²) in [5, 5.41) is 9.17. The van der Waals surface area contributed by atoms with Gasteiger partial charge in [-0.3, -0.25) is 4.98 Å². The second kappa shape index (κ2) is 8.65. The average Bonchev–Trinajstić information content (AvgIpc) is 2.72. The van der Waals surface area contributed by atoms with Gasteiger partial charge in [0.25, 0.3) is 0 Å². The normalized spacial score (nSPS) is 10.7. The molecule has 0 aliphatic heterocycles. The van der Waals surface area contributed by atoms with Crippen molar-refractivity contribution in [2.75, 3.05) is 7.11 Å². The van der Waals surface area contributed by atoms with Gasteiger partial charge in [-0.05, 0) is 55.7 Å². The molecule has 0 amide bonds. The van der Waals surface area contributed by atoms with Crippen LogP contribution in [-0.4, -0.2) is 28.2 Å². The lowest BCUT2D eigenvalue weighted by Crippen LogP contribution is -2.01. The third-order valence-electron chi connectivity index (χ3n) is 4.70. The number of methoxy groups -OCH3 is 1. The van der Waals surface area contributed by atoms with E-state index in [1.165, 1.54) is 0 Å². The fourth-order valence-corrected chi connectivity index (χ4v) is 3.10. The smallest absolute Gasteiger partial charge is 0.335 e. The van der Waals surface area contributed by atoms with Crippen molar-refractivity contribution in [3.05, 3.63) is 65.5 Å². The molecular formula is C23H24N2O3. The molecule has 144 valence electrons. The molecule has 3 aromatic rings. The van der Waals surface area contributed by atoms with Gasteiger partial charge in [0.1, 0.15) is 5.75 Å². The summed E-state index contributed by atoms with van der Waals surface area (Å²) in [5.41, 5.74) is 5.60. The first-order valence-corrected chi connectivity index (χ1v) is 9.38. The largest absolute Gasteiger partial charge is 0.497 e. The van der Waals surface area contributed by atoms with E-state index in [-0.39, 0.29) is 5.56 Å². The summed E-state index contributed by atoms with van der Waals surface area (Å²) in [5.74, 6) is -0.151. The molecule has 1 aromatic heterocycles. The van der Waals surface area contributed by atoms with Gasteiger partial charge in [-0.15, -0.1) is 0 Å². The van der Waals surface area contributed by atoms with E-state index in [1.807, 2.05) is 31.3 Å². The minimum Gasteiger partial charge on any atom is -0.497 e. The van der Waals surface area contributed by atoms with E-state index < -0.39 is 5.97 Å². The first-order valence-electron chi connectivity index (χ1n) is 9.38. The second-order valence-electron chi connectivity index (χ2n) is 6.73. The van der Waals surface area contributed by atoms with Gasteiger partial charge in [-0.2, -0.15) is 0 Å². The minimum atomic E-state index is -0.944. The molecule has 2 aromatic carbocycles. The number of carboxylic acid groups (broad SMARTS) is 1. The number of unbranched alkanes of at least 4 members (excludes halogenated alkanes) is 1. The van der Waals surface area contributed by atoms with Gasteiger partial charge in [0.15, 0.2) is 0 Å². The Hall–Kier alpha value is -3.21. The van der Waals surface area contributed by atoms with E-state index >= 15 is 0 Å². The van der Waals surface area contributed by atoms with E-state index in [0.717, 1.165) is 58.8 Å². The highest BCUT2D eigenvalue weighted by Crippen LogP contribution is 2.33. The predicted octanol–water partition coefficient (Wildman–Crippen LogP) is 5.17. The standard InChI is InChI=1S/C23H24N2O3/c1-4-5-6-18-14-24-22(20-12-11-19(28-3)13-15(20)2)21(25-18)16-7-9-17(10-8-16)23(26)27/h7-14H,4-6H2,1-3H3,(H,26,27). The molecule has 5 heteroatoms. The van der Waals surface area contributed by atoms with Gasteiger partial charge in [-0.1, -0.05) is 25.5 Å². The fourth-order valence-electron chi connectivity index (χ4n) is 3.10. The number of carbonyl (C=O) groups is 1. The monoisotopic (exact) mass is 376 g/mol. The Bertz CT molecular complexity index is 982. The number of nitrogens with zero attached hydrogens (tertiary/aromatic N) is 2. The third-order valence-corrected chi connectivity index (χ3v) is 4.70. The molecule has 0 saturated carbocycles. The van der Waals surface area contributed by atoms with Crippen LogP contribution in [-0.2, 0) is 6.42 Å². The first kappa shape index (κ1) is 19.5. The summed E-state index contributed by atoms with van der Waals surface area (Å²) >= 11 is 0. The summed E-state index contributed by atoms with van der Waals surface area (Å²) in [6.07, 6.45) is 4.84. The molecule has 0 bridgehead atoms. The highest BCUT2D eigenvalue weighted by atomic mass is 16.5. The summed E-state index contributed by atoms with van der Waals surface area (Å²) in [4.78, 5) is 20.8. The molecule has 3 rings (SSSR count). The highest BCUT2D eigenvalue weighted by Gasteiger charge is 2.15. The van der Waals surface area contributed by atoms with Crippen LogP contribution < -0.4 is 4.74 Å². The number of rotatable bonds is 7. The Morgan fingerprint density at radius 3 is 2.46 bits per heavy atom. The molecule has 1 N–H and O–H groups in total. The first-order chi connectivity index (χ1) is 13.5. The molecule has 28 heavy (non-hydrogen) atoms. The number of benzene rings is 2. The number of carboxylic acids is 1. The number of aromatic nitrogens is 2. The average molecular weight is 376 g/mol.